The van der Waals surface area contributed by atoms with E-state index in [1.807, 2.05) is 0 Å². The van der Waals surface area contributed by atoms with Crippen LogP contribution < -0.4 is 14.8 Å². The fourth-order valence-electron chi connectivity index (χ4n) is 2.63. The van der Waals surface area contributed by atoms with Crippen molar-refractivity contribution in [1.29, 1.82) is 0 Å². The fourth-order valence-corrected chi connectivity index (χ4v) is 3.44. The van der Waals surface area contributed by atoms with Crippen LogP contribution in [0.1, 0.15) is 13.8 Å². The Morgan fingerprint density at radius 1 is 1.07 bits per heavy atom. The molecule has 1 amide bonds. The average Bonchev–Trinajstić information content (AvgIpc) is 2.59. The van der Waals surface area contributed by atoms with Gasteiger partial charge in [-0.15, -0.1) is 0 Å². The number of hydrogen-bond acceptors (Lipinski definition) is 5. The van der Waals surface area contributed by atoms with Crippen molar-refractivity contribution >= 4 is 29.0 Å². The third kappa shape index (κ3) is 5.05. The average molecular weight is 391 g/mol. The Hall–Kier alpha value is -2.91. The van der Waals surface area contributed by atoms with Gasteiger partial charge in [0.25, 0.3) is 0 Å². The zero-order valence-electron chi connectivity index (χ0n) is 14.7. The van der Waals surface area contributed by atoms with E-state index in [1.54, 1.807) is 50.2 Å². The lowest BCUT2D eigenvalue weighted by Crippen LogP contribution is -2.45. The molecule has 27 heavy (non-hydrogen) atoms. The summed E-state index contributed by atoms with van der Waals surface area (Å²) in [5.74, 6) is -1.33. The number of nitrogens with two attached hydrogens (primary N) is 1. The van der Waals surface area contributed by atoms with Gasteiger partial charge in [-0.2, -0.15) is 0 Å². The number of hydrogen-bond donors (Lipinski definition) is 2. The fraction of sp³-hybridized carbons (Fsp3) is 0.222. The maximum atomic E-state index is 11.6. The van der Waals surface area contributed by atoms with Gasteiger partial charge in [0.15, 0.2) is 0 Å². The van der Waals surface area contributed by atoms with E-state index in [0.29, 0.717) is 5.75 Å². The number of nitrogens with zero attached hydrogens (tertiary/aromatic N) is 1. The summed E-state index contributed by atoms with van der Waals surface area (Å²) in [4.78, 5) is 22.2. The molecule has 2 unspecified atom stereocenters. The zero-order chi connectivity index (χ0) is 20.1. The van der Waals surface area contributed by atoms with Crippen LogP contribution in [0.2, 0.25) is 0 Å². The summed E-state index contributed by atoms with van der Waals surface area (Å²) in [7, 11) is 0. The molecule has 0 heterocycles. The quantitative estimate of drug-likeness (QED) is 0.697. The highest BCUT2D eigenvalue weighted by Crippen LogP contribution is 2.28. The maximum absolute atomic E-state index is 11.6. The van der Waals surface area contributed by atoms with E-state index in [9.17, 15) is 23.5 Å². The van der Waals surface area contributed by atoms with Gasteiger partial charge in [0, 0.05) is 17.0 Å². The van der Waals surface area contributed by atoms with E-state index >= 15 is 0 Å². The molecule has 0 aliphatic rings. The molecule has 0 aromatic heterocycles. The number of carbonyl (C=O) groups is 2. The predicted molar refractivity (Wildman–Crippen MR) is 99.8 cm³/mol. The number of anilines is 1. The van der Waals surface area contributed by atoms with Gasteiger partial charge in [-0.3, -0.25) is 8.51 Å². The van der Waals surface area contributed by atoms with E-state index in [1.165, 1.54) is 12.1 Å². The summed E-state index contributed by atoms with van der Waals surface area (Å²) in [6.07, 6.45) is -0.907. The van der Waals surface area contributed by atoms with Crippen LogP contribution in [0.5, 0.6) is 5.75 Å². The van der Waals surface area contributed by atoms with Gasteiger partial charge in [-0.25, -0.2) is 9.59 Å². The van der Waals surface area contributed by atoms with Crippen LogP contribution in [-0.2, 0) is 16.1 Å². The van der Waals surface area contributed by atoms with E-state index in [0.717, 1.165) is 15.4 Å². The molecule has 8 nitrogen and oxygen atoms in total. The van der Waals surface area contributed by atoms with Crippen molar-refractivity contribution in [2.24, 2.45) is 11.7 Å². The molecule has 0 bridgehead atoms. The van der Waals surface area contributed by atoms with Gasteiger partial charge >= 0.3 is 12.1 Å². The first kappa shape index (κ1) is 20.4. The van der Waals surface area contributed by atoms with Crippen molar-refractivity contribution in [2.45, 2.75) is 19.9 Å². The molecular formula is C18H19N2O6S-. The Morgan fingerprint density at radius 3 is 1.93 bits per heavy atom. The number of ether oxygens (including phenoxy) is 1. The van der Waals surface area contributed by atoms with Crippen molar-refractivity contribution in [3.63, 3.8) is 0 Å². The summed E-state index contributed by atoms with van der Waals surface area (Å²) in [6.45, 7) is 3.28. The maximum Gasteiger partial charge on any atom is 0.409 e. The number of carboxylic acids is 1. The van der Waals surface area contributed by atoms with Gasteiger partial charge < -0.3 is 20.1 Å². The Labute approximate surface area is 159 Å². The molecule has 0 fully saturated rings. The van der Waals surface area contributed by atoms with Crippen LogP contribution in [0.25, 0.3) is 11.1 Å². The SMILES string of the molecule is CC(C)C(C(=O)O)N(c1ccc(-c2ccc(OC(N)=O)cc2)cc1)S(=O)[O-]. The van der Waals surface area contributed by atoms with Crippen molar-refractivity contribution in [1.82, 2.24) is 0 Å². The van der Waals surface area contributed by atoms with Gasteiger partial charge in [0.05, 0.1) is 0 Å². The van der Waals surface area contributed by atoms with Crippen LogP contribution in [0.15, 0.2) is 48.5 Å². The summed E-state index contributed by atoms with van der Waals surface area (Å²) < 4.78 is 28.9. The molecule has 2 atom stereocenters. The van der Waals surface area contributed by atoms with E-state index in [-0.39, 0.29) is 5.69 Å². The molecule has 2 rings (SSSR count). The number of rotatable bonds is 7. The smallest absolute Gasteiger partial charge is 0.409 e. The lowest BCUT2D eigenvalue weighted by atomic mass is 10.0. The number of carboxylic acid groups (broad SMARTS) is 1. The topological polar surface area (TPSA) is 133 Å². The first-order valence-corrected chi connectivity index (χ1v) is 9.03. The standard InChI is InChI=1S/C18H20N2O6S/c1-11(2)16(17(21)22)20(27(24)25)14-7-3-12(4-8-14)13-5-9-15(10-6-13)26-18(19)23/h3-11,16H,1-2H3,(H2,19,23)(H,21,22)(H,24,25)/p-1. The van der Waals surface area contributed by atoms with E-state index in [2.05, 4.69) is 0 Å². The number of primary amides is 1. The largest absolute Gasteiger partial charge is 0.755 e. The minimum Gasteiger partial charge on any atom is -0.755 e. The molecule has 0 radical (unpaired) electrons. The molecule has 2 aromatic carbocycles. The zero-order valence-corrected chi connectivity index (χ0v) is 15.5. The molecule has 3 N–H and O–H groups in total. The Balaban J connectivity index is 2.30. The second-order valence-electron chi connectivity index (χ2n) is 6.06. The third-order valence-electron chi connectivity index (χ3n) is 3.83. The molecule has 0 spiro atoms. The highest BCUT2D eigenvalue weighted by molar-refractivity contribution is 7.80. The molecule has 2 aromatic rings. The Bertz CT molecular complexity index is 836. The van der Waals surface area contributed by atoms with Crippen molar-refractivity contribution in [3.05, 3.63) is 48.5 Å². The monoisotopic (exact) mass is 391 g/mol. The molecule has 9 heteroatoms. The molecule has 0 saturated heterocycles. The number of benzene rings is 2. The highest BCUT2D eigenvalue weighted by atomic mass is 32.2. The number of amides is 1. The van der Waals surface area contributed by atoms with Crippen LogP contribution in [-0.4, -0.2) is 32.0 Å². The predicted octanol–water partition coefficient (Wildman–Crippen LogP) is 2.52. The van der Waals surface area contributed by atoms with E-state index < -0.39 is 35.3 Å². The van der Waals surface area contributed by atoms with Crippen molar-refractivity contribution < 1.29 is 28.2 Å². The molecule has 0 aliphatic carbocycles. The summed E-state index contributed by atoms with van der Waals surface area (Å²) >= 11 is -2.74. The number of carbonyl (C=O) groups excluding carboxylic acids is 1. The van der Waals surface area contributed by atoms with Gasteiger partial charge in [-0.05, 0) is 41.3 Å². The second kappa shape index (κ2) is 8.65. The lowest BCUT2D eigenvalue weighted by Gasteiger charge is -2.34. The first-order chi connectivity index (χ1) is 12.7. The molecular weight excluding hydrogens is 372 g/mol. The number of aliphatic carboxylic acids is 1. The normalized spacial score (nSPS) is 13.0. The van der Waals surface area contributed by atoms with Crippen LogP contribution in [0.3, 0.4) is 0 Å². The van der Waals surface area contributed by atoms with Crippen LogP contribution in [0, 0.1) is 5.92 Å². The first-order valence-electron chi connectivity index (χ1n) is 8.00. The summed E-state index contributed by atoms with van der Waals surface area (Å²) in [5, 5.41) is 9.39. The minimum absolute atomic E-state index is 0.252. The van der Waals surface area contributed by atoms with Crippen molar-refractivity contribution in [3.8, 4) is 16.9 Å². The minimum atomic E-state index is -2.74. The highest BCUT2D eigenvalue weighted by Gasteiger charge is 2.30. The summed E-state index contributed by atoms with van der Waals surface area (Å²) in [5.41, 5.74) is 6.78. The molecule has 0 saturated carbocycles. The van der Waals surface area contributed by atoms with Crippen LogP contribution >= 0.6 is 0 Å². The summed E-state index contributed by atoms with van der Waals surface area (Å²) in [6, 6.07) is 11.8. The lowest BCUT2D eigenvalue weighted by molar-refractivity contribution is -0.139. The van der Waals surface area contributed by atoms with E-state index in [4.69, 9.17) is 10.5 Å². The van der Waals surface area contributed by atoms with Gasteiger partial charge in [0.2, 0.25) is 0 Å². The van der Waals surface area contributed by atoms with Gasteiger partial charge in [-0.1, -0.05) is 38.1 Å². The molecule has 0 aliphatic heterocycles. The Morgan fingerprint density at radius 2 is 1.56 bits per heavy atom. The van der Waals surface area contributed by atoms with Crippen molar-refractivity contribution in [2.75, 3.05) is 4.31 Å². The third-order valence-corrected chi connectivity index (χ3v) is 4.58. The molecule has 144 valence electrons. The van der Waals surface area contributed by atoms with Crippen LogP contribution in [0.4, 0.5) is 10.5 Å². The second-order valence-corrected chi connectivity index (χ2v) is 6.89. The Kier molecular flexibility index (Phi) is 6.54. The van der Waals surface area contributed by atoms with Gasteiger partial charge in [0.1, 0.15) is 11.8 Å².